The lowest BCUT2D eigenvalue weighted by Crippen LogP contribution is -2.49. The zero-order valence-corrected chi connectivity index (χ0v) is 14.6. The summed E-state index contributed by atoms with van der Waals surface area (Å²) in [6.45, 7) is 2.99. The number of halogens is 1. The first-order valence-electron chi connectivity index (χ1n) is 7.91. The van der Waals surface area contributed by atoms with E-state index in [1.54, 1.807) is 43.3 Å². The van der Waals surface area contributed by atoms with E-state index < -0.39 is 10.0 Å². The highest BCUT2D eigenvalue weighted by Crippen LogP contribution is 2.29. The molecule has 0 N–H and O–H groups in total. The van der Waals surface area contributed by atoms with Crippen LogP contribution in [0.3, 0.4) is 0 Å². The molecule has 1 aliphatic heterocycles. The van der Waals surface area contributed by atoms with Gasteiger partial charge in [-0.3, -0.25) is 4.90 Å². The molecule has 0 aromatic heterocycles. The summed E-state index contributed by atoms with van der Waals surface area (Å²) in [5.41, 5.74) is 1.25. The number of piperazine rings is 1. The van der Waals surface area contributed by atoms with Crippen molar-refractivity contribution in [2.45, 2.75) is 17.9 Å². The molecule has 3 rings (SSSR count). The third-order valence-electron chi connectivity index (χ3n) is 4.59. The number of aryl methyl sites for hydroxylation is 1. The van der Waals surface area contributed by atoms with E-state index in [1.165, 1.54) is 10.4 Å². The van der Waals surface area contributed by atoms with E-state index in [4.69, 9.17) is 0 Å². The minimum Gasteiger partial charge on any atom is -0.297 e. The van der Waals surface area contributed by atoms with E-state index in [0.717, 1.165) is 5.56 Å². The minimum atomic E-state index is -3.59. The minimum absolute atomic E-state index is 0.244. The average Bonchev–Trinajstić information content (AvgIpc) is 2.56. The summed E-state index contributed by atoms with van der Waals surface area (Å²) in [6, 6.07) is 13.2. The number of hydrogen-bond acceptors (Lipinski definition) is 3. The van der Waals surface area contributed by atoms with Crippen molar-refractivity contribution in [1.29, 1.82) is 0 Å². The summed E-state index contributed by atoms with van der Waals surface area (Å²) in [6.07, 6.45) is 0. The van der Waals surface area contributed by atoms with Crippen LogP contribution in [0.1, 0.15) is 17.2 Å². The largest absolute Gasteiger partial charge is 0.297 e. The van der Waals surface area contributed by atoms with Crippen molar-refractivity contribution < 1.29 is 12.8 Å². The molecule has 2 aromatic carbocycles. The molecule has 24 heavy (non-hydrogen) atoms. The molecule has 4 nitrogen and oxygen atoms in total. The number of nitrogens with zero attached hydrogens (tertiary/aromatic N) is 2. The maximum absolute atomic E-state index is 14.2. The molecule has 0 spiro atoms. The molecule has 1 fully saturated rings. The fourth-order valence-electron chi connectivity index (χ4n) is 3.13. The summed E-state index contributed by atoms with van der Waals surface area (Å²) < 4.78 is 41.6. The standard InChI is InChI=1S/C18H21FN2O2S/c1-14-7-3-6-10-18(14)24(22,23)21-12-11-20(2)17(13-21)15-8-4-5-9-16(15)19/h3-10,17H,11-13H2,1-2H3. The van der Waals surface area contributed by atoms with Gasteiger partial charge in [-0.05, 0) is 31.7 Å². The van der Waals surface area contributed by atoms with Crippen LogP contribution in [0, 0.1) is 12.7 Å². The topological polar surface area (TPSA) is 40.6 Å². The molecule has 0 radical (unpaired) electrons. The van der Waals surface area contributed by atoms with Crippen molar-refractivity contribution in [2.75, 3.05) is 26.7 Å². The molecule has 0 aliphatic carbocycles. The van der Waals surface area contributed by atoms with Gasteiger partial charge in [0.25, 0.3) is 0 Å². The number of rotatable bonds is 3. The Kier molecular flexibility index (Phi) is 4.71. The number of likely N-dealkylation sites (N-methyl/N-ethyl adjacent to an activating group) is 1. The molecule has 1 unspecified atom stereocenters. The first kappa shape index (κ1) is 17.1. The van der Waals surface area contributed by atoms with Crippen molar-refractivity contribution in [3.05, 3.63) is 65.5 Å². The van der Waals surface area contributed by atoms with Crippen molar-refractivity contribution >= 4 is 10.0 Å². The van der Waals surface area contributed by atoms with E-state index in [0.29, 0.717) is 23.5 Å². The Bertz CT molecular complexity index is 838. The van der Waals surface area contributed by atoms with Crippen molar-refractivity contribution in [3.63, 3.8) is 0 Å². The van der Waals surface area contributed by atoms with E-state index >= 15 is 0 Å². The molecule has 0 saturated carbocycles. The van der Waals surface area contributed by atoms with Gasteiger partial charge in [0.05, 0.1) is 10.9 Å². The monoisotopic (exact) mass is 348 g/mol. The second-order valence-corrected chi connectivity index (χ2v) is 8.05. The molecule has 6 heteroatoms. The smallest absolute Gasteiger partial charge is 0.243 e. The van der Waals surface area contributed by atoms with Gasteiger partial charge in [-0.15, -0.1) is 0 Å². The van der Waals surface area contributed by atoms with E-state index in [-0.39, 0.29) is 18.4 Å². The third kappa shape index (κ3) is 3.09. The molecule has 0 bridgehead atoms. The van der Waals surface area contributed by atoms with Crippen LogP contribution in [0.15, 0.2) is 53.4 Å². The molecular formula is C18H21FN2O2S. The Morgan fingerprint density at radius 1 is 1.04 bits per heavy atom. The Hall–Kier alpha value is -1.76. The van der Waals surface area contributed by atoms with E-state index in [1.807, 2.05) is 18.0 Å². The lowest BCUT2D eigenvalue weighted by atomic mass is 10.0. The number of benzene rings is 2. The van der Waals surface area contributed by atoms with E-state index in [2.05, 4.69) is 0 Å². The van der Waals surface area contributed by atoms with Crippen LogP contribution >= 0.6 is 0 Å². The van der Waals surface area contributed by atoms with Gasteiger partial charge >= 0.3 is 0 Å². The maximum Gasteiger partial charge on any atom is 0.243 e. The first-order valence-corrected chi connectivity index (χ1v) is 9.35. The fraction of sp³-hybridized carbons (Fsp3) is 0.333. The first-order chi connectivity index (χ1) is 11.4. The lowest BCUT2D eigenvalue weighted by molar-refractivity contribution is 0.145. The van der Waals surface area contributed by atoms with Gasteiger partial charge in [-0.25, -0.2) is 12.8 Å². The molecule has 1 saturated heterocycles. The van der Waals surface area contributed by atoms with E-state index in [9.17, 15) is 12.8 Å². The molecular weight excluding hydrogens is 327 g/mol. The van der Waals surface area contributed by atoms with Gasteiger partial charge in [0.1, 0.15) is 5.82 Å². The fourth-order valence-corrected chi connectivity index (χ4v) is 4.80. The van der Waals surface area contributed by atoms with Crippen molar-refractivity contribution in [2.24, 2.45) is 0 Å². The third-order valence-corrected chi connectivity index (χ3v) is 6.61. The summed E-state index contributed by atoms with van der Waals surface area (Å²) in [5, 5.41) is 0. The second-order valence-electron chi connectivity index (χ2n) is 6.15. The highest BCUT2D eigenvalue weighted by molar-refractivity contribution is 7.89. The molecule has 0 amide bonds. The molecule has 128 valence electrons. The van der Waals surface area contributed by atoms with Crippen LogP contribution in [0.5, 0.6) is 0 Å². The maximum atomic E-state index is 14.2. The Labute approximate surface area is 142 Å². The number of hydrogen-bond donors (Lipinski definition) is 0. The summed E-state index contributed by atoms with van der Waals surface area (Å²) in [7, 11) is -1.69. The summed E-state index contributed by atoms with van der Waals surface area (Å²) >= 11 is 0. The lowest BCUT2D eigenvalue weighted by Gasteiger charge is -2.39. The highest BCUT2D eigenvalue weighted by atomic mass is 32.2. The van der Waals surface area contributed by atoms with Crippen LogP contribution < -0.4 is 0 Å². The van der Waals surface area contributed by atoms with Gasteiger partial charge in [-0.2, -0.15) is 4.31 Å². The van der Waals surface area contributed by atoms with Gasteiger partial charge < -0.3 is 0 Å². The molecule has 1 aliphatic rings. The van der Waals surface area contributed by atoms with Gasteiger partial charge in [0.2, 0.25) is 10.0 Å². The van der Waals surface area contributed by atoms with Gasteiger partial charge in [0.15, 0.2) is 0 Å². The second kappa shape index (κ2) is 6.63. The zero-order chi connectivity index (χ0) is 17.3. The van der Waals surface area contributed by atoms with Crippen LogP contribution in [0.4, 0.5) is 4.39 Å². The normalized spacial score (nSPS) is 20.2. The van der Waals surface area contributed by atoms with Crippen molar-refractivity contribution in [3.8, 4) is 0 Å². The summed E-state index contributed by atoms with van der Waals surface area (Å²) in [5.74, 6) is -0.301. The highest BCUT2D eigenvalue weighted by Gasteiger charge is 2.34. The molecule has 1 atom stereocenters. The molecule has 1 heterocycles. The number of sulfonamides is 1. The van der Waals surface area contributed by atoms with Gasteiger partial charge in [0, 0.05) is 25.2 Å². The molecule has 2 aromatic rings. The quantitative estimate of drug-likeness (QED) is 0.856. The van der Waals surface area contributed by atoms with Crippen LogP contribution in [0.25, 0.3) is 0 Å². The van der Waals surface area contributed by atoms with Crippen LogP contribution in [0.2, 0.25) is 0 Å². The summed E-state index contributed by atoms with van der Waals surface area (Å²) in [4.78, 5) is 2.32. The SMILES string of the molecule is Cc1ccccc1S(=O)(=O)N1CCN(C)C(c2ccccc2F)C1. The Balaban J connectivity index is 1.94. The average molecular weight is 348 g/mol. The van der Waals surface area contributed by atoms with Gasteiger partial charge in [-0.1, -0.05) is 36.4 Å². The van der Waals surface area contributed by atoms with Crippen LogP contribution in [-0.4, -0.2) is 44.3 Å². The Morgan fingerprint density at radius 2 is 1.71 bits per heavy atom. The predicted octanol–water partition coefficient (Wildman–Crippen LogP) is 2.81. The predicted molar refractivity (Wildman–Crippen MR) is 91.7 cm³/mol. The van der Waals surface area contributed by atoms with Crippen molar-refractivity contribution in [1.82, 2.24) is 9.21 Å². The van der Waals surface area contributed by atoms with Crippen LogP contribution in [-0.2, 0) is 10.0 Å². The Morgan fingerprint density at radius 3 is 2.42 bits per heavy atom. The zero-order valence-electron chi connectivity index (χ0n) is 13.8.